The maximum Gasteiger partial charge on any atom is 0.193 e. The molecule has 1 aromatic carbocycles. The van der Waals surface area contributed by atoms with Gasteiger partial charge in [-0.15, -0.1) is 0 Å². The maximum absolute atomic E-state index is 4.53. The highest BCUT2D eigenvalue weighted by Crippen LogP contribution is 2.21. The van der Waals surface area contributed by atoms with E-state index in [0.717, 1.165) is 51.0 Å². The summed E-state index contributed by atoms with van der Waals surface area (Å²) in [6.45, 7) is 13.3. The fourth-order valence-electron chi connectivity index (χ4n) is 4.23. The molecule has 1 unspecified atom stereocenters. The monoisotopic (exact) mass is 369 g/mol. The predicted octanol–water partition coefficient (Wildman–Crippen LogP) is 3.26. The van der Waals surface area contributed by atoms with Crippen LogP contribution in [0.3, 0.4) is 0 Å². The van der Waals surface area contributed by atoms with E-state index in [2.05, 4.69) is 70.3 Å². The Morgan fingerprint density at radius 3 is 2.89 bits per heavy atom. The fraction of sp³-hybridized carbons (Fsp3) is 0.591. The van der Waals surface area contributed by atoms with Crippen molar-refractivity contribution < 1.29 is 0 Å². The molecule has 3 rings (SSSR count). The van der Waals surface area contributed by atoms with Crippen molar-refractivity contribution in [2.45, 2.75) is 33.6 Å². The van der Waals surface area contributed by atoms with Crippen LogP contribution in [0.25, 0.3) is 10.9 Å². The Morgan fingerprint density at radius 2 is 2.15 bits per heavy atom. The van der Waals surface area contributed by atoms with Crippen LogP contribution in [-0.4, -0.2) is 67.1 Å². The first-order chi connectivity index (χ1) is 13.2. The number of H-pyrrole nitrogens is 1. The molecule has 5 heteroatoms. The highest BCUT2D eigenvalue weighted by atomic mass is 15.3. The molecular weight excluding hydrogens is 334 g/mol. The van der Waals surface area contributed by atoms with Crippen molar-refractivity contribution in [3.63, 3.8) is 0 Å². The number of aromatic amines is 1. The van der Waals surface area contributed by atoms with E-state index in [0.29, 0.717) is 0 Å². The molecule has 148 valence electrons. The first-order valence-corrected chi connectivity index (χ1v) is 10.4. The molecule has 27 heavy (non-hydrogen) atoms. The van der Waals surface area contributed by atoms with Gasteiger partial charge in [-0.25, -0.2) is 0 Å². The van der Waals surface area contributed by atoms with E-state index < -0.39 is 0 Å². The number of guanidine groups is 1. The number of benzene rings is 1. The topological polar surface area (TPSA) is 46.7 Å². The summed E-state index contributed by atoms with van der Waals surface area (Å²) in [5.74, 6) is 1.80. The molecule has 0 radical (unpaired) electrons. The number of rotatable bonds is 7. The van der Waals surface area contributed by atoms with Crippen LogP contribution in [0.5, 0.6) is 0 Å². The van der Waals surface area contributed by atoms with Crippen molar-refractivity contribution in [2.24, 2.45) is 10.9 Å². The third-order valence-corrected chi connectivity index (χ3v) is 5.89. The first kappa shape index (κ1) is 19.7. The van der Waals surface area contributed by atoms with Crippen molar-refractivity contribution in [1.82, 2.24) is 20.1 Å². The molecule has 0 aliphatic carbocycles. The Balaban J connectivity index is 1.52. The molecular formula is C22H35N5. The average Bonchev–Trinajstić information content (AvgIpc) is 3.31. The van der Waals surface area contributed by atoms with Crippen LogP contribution >= 0.6 is 0 Å². The van der Waals surface area contributed by atoms with Crippen molar-refractivity contribution in [3.8, 4) is 0 Å². The Bertz CT molecular complexity index is 759. The highest BCUT2D eigenvalue weighted by Gasteiger charge is 2.25. The summed E-state index contributed by atoms with van der Waals surface area (Å²) in [6.07, 6.45) is 4.41. The smallest absolute Gasteiger partial charge is 0.193 e. The summed E-state index contributed by atoms with van der Waals surface area (Å²) in [7, 11) is 1.90. The summed E-state index contributed by atoms with van der Waals surface area (Å²) in [5.41, 5.74) is 3.94. The first-order valence-electron chi connectivity index (χ1n) is 10.4. The number of fused-ring (bicyclic) bond motifs is 1. The van der Waals surface area contributed by atoms with Crippen LogP contribution in [0, 0.1) is 12.8 Å². The minimum absolute atomic E-state index is 0.750. The van der Waals surface area contributed by atoms with Crippen molar-refractivity contribution >= 4 is 16.9 Å². The number of aryl methyl sites for hydroxylation is 1. The van der Waals surface area contributed by atoms with Gasteiger partial charge in [0.25, 0.3) is 0 Å². The standard InChI is InChI=1S/C22H35N5/c1-5-26(6-2)15-18-11-13-27(16-18)22(23-4)24-12-10-19-14-25-21-17(3)8-7-9-20(19)21/h7-9,14,18,25H,5-6,10-13,15-16H2,1-4H3,(H,23,24). The van der Waals surface area contributed by atoms with Gasteiger partial charge in [-0.05, 0) is 49.9 Å². The zero-order valence-electron chi connectivity index (χ0n) is 17.4. The molecule has 1 aromatic heterocycles. The SMILES string of the molecule is CCN(CC)CC1CCN(C(=NC)NCCc2c[nH]c3c(C)cccc23)C1. The molecule has 1 saturated heterocycles. The average molecular weight is 370 g/mol. The number of para-hydroxylation sites is 1. The van der Waals surface area contributed by atoms with Crippen LogP contribution < -0.4 is 5.32 Å². The number of hydrogen-bond acceptors (Lipinski definition) is 2. The van der Waals surface area contributed by atoms with E-state index in [-0.39, 0.29) is 0 Å². The Hall–Kier alpha value is -2.01. The van der Waals surface area contributed by atoms with E-state index in [1.165, 1.54) is 35.0 Å². The molecule has 1 aliphatic heterocycles. The van der Waals surface area contributed by atoms with Gasteiger partial charge < -0.3 is 20.1 Å². The zero-order valence-corrected chi connectivity index (χ0v) is 17.4. The maximum atomic E-state index is 4.53. The van der Waals surface area contributed by atoms with Gasteiger partial charge in [-0.3, -0.25) is 4.99 Å². The molecule has 0 bridgehead atoms. The summed E-state index contributed by atoms with van der Waals surface area (Å²) >= 11 is 0. The lowest BCUT2D eigenvalue weighted by Gasteiger charge is -2.24. The van der Waals surface area contributed by atoms with Crippen molar-refractivity contribution in [3.05, 3.63) is 35.5 Å². The predicted molar refractivity (Wildman–Crippen MR) is 116 cm³/mol. The number of aromatic nitrogens is 1. The van der Waals surface area contributed by atoms with Crippen LogP contribution in [-0.2, 0) is 6.42 Å². The van der Waals surface area contributed by atoms with Gasteiger partial charge in [0.1, 0.15) is 0 Å². The molecule has 2 heterocycles. The summed E-state index contributed by atoms with van der Waals surface area (Å²) < 4.78 is 0. The number of nitrogens with zero attached hydrogens (tertiary/aromatic N) is 3. The molecule has 5 nitrogen and oxygen atoms in total. The molecule has 2 N–H and O–H groups in total. The lowest BCUT2D eigenvalue weighted by atomic mass is 10.1. The second-order valence-corrected chi connectivity index (χ2v) is 7.62. The quantitative estimate of drug-likeness (QED) is 0.582. The molecule has 1 fully saturated rings. The van der Waals surface area contributed by atoms with Crippen LogP contribution in [0.2, 0.25) is 0 Å². The normalized spacial score (nSPS) is 18.0. The Kier molecular flexibility index (Phi) is 6.78. The van der Waals surface area contributed by atoms with E-state index in [4.69, 9.17) is 0 Å². The molecule has 1 atom stereocenters. The minimum Gasteiger partial charge on any atom is -0.361 e. The third kappa shape index (κ3) is 4.64. The summed E-state index contributed by atoms with van der Waals surface area (Å²) in [4.78, 5) is 12.9. The van der Waals surface area contributed by atoms with Gasteiger partial charge >= 0.3 is 0 Å². The van der Waals surface area contributed by atoms with Crippen LogP contribution in [0.4, 0.5) is 0 Å². The fourth-order valence-corrected chi connectivity index (χ4v) is 4.23. The molecule has 0 spiro atoms. The van der Waals surface area contributed by atoms with Gasteiger partial charge in [0.05, 0.1) is 0 Å². The van der Waals surface area contributed by atoms with Gasteiger partial charge in [-0.1, -0.05) is 32.0 Å². The number of hydrogen-bond donors (Lipinski definition) is 2. The molecule has 0 saturated carbocycles. The third-order valence-electron chi connectivity index (χ3n) is 5.89. The molecule has 0 amide bonds. The lowest BCUT2D eigenvalue weighted by molar-refractivity contribution is 0.255. The van der Waals surface area contributed by atoms with E-state index in [1.54, 1.807) is 0 Å². The van der Waals surface area contributed by atoms with Crippen molar-refractivity contribution in [1.29, 1.82) is 0 Å². The van der Waals surface area contributed by atoms with Crippen LogP contribution in [0.1, 0.15) is 31.4 Å². The van der Waals surface area contributed by atoms with Gasteiger partial charge in [0.2, 0.25) is 0 Å². The Morgan fingerprint density at radius 1 is 1.33 bits per heavy atom. The highest BCUT2D eigenvalue weighted by molar-refractivity contribution is 5.86. The van der Waals surface area contributed by atoms with E-state index in [1.807, 2.05) is 7.05 Å². The molecule has 1 aliphatic rings. The van der Waals surface area contributed by atoms with Crippen LogP contribution in [0.15, 0.2) is 29.4 Å². The Labute approximate surface area is 163 Å². The second-order valence-electron chi connectivity index (χ2n) is 7.62. The van der Waals surface area contributed by atoms with Gasteiger partial charge in [-0.2, -0.15) is 0 Å². The molecule has 2 aromatic rings. The van der Waals surface area contributed by atoms with E-state index in [9.17, 15) is 0 Å². The summed E-state index contributed by atoms with van der Waals surface area (Å²) in [5, 5.41) is 4.92. The number of nitrogens with one attached hydrogen (secondary N) is 2. The van der Waals surface area contributed by atoms with Crippen molar-refractivity contribution in [2.75, 3.05) is 46.3 Å². The summed E-state index contributed by atoms with van der Waals surface area (Å²) in [6, 6.07) is 6.51. The van der Waals surface area contributed by atoms with E-state index >= 15 is 0 Å². The zero-order chi connectivity index (χ0) is 19.2. The van der Waals surface area contributed by atoms with Gasteiger partial charge in [0, 0.05) is 50.3 Å². The lowest BCUT2D eigenvalue weighted by Crippen LogP contribution is -2.41. The van der Waals surface area contributed by atoms with Gasteiger partial charge in [0.15, 0.2) is 5.96 Å². The number of aliphatic imine (C=N–C) groups is 1. The number of likely N-dealkylation sites (tertiary alicyclic amines) is 1. The second kappa shape index (κ2) is 9.27. The minimum atomic E-state index is 0.750. The largest absolute Gasteiger partial charge is 0.361 e.